The predicted molar refractivity (Wildman–Crippen MR) is 107 cm³/mol. The number of nitrogens with one attached hydrogen (secondary N) is 2. The number of rotatable bonds is 3. The van der Waals surface area contributed by atoms with Crippen LogP contribution in [0.3, 0.4) is 0 Å². The van der Waals surface area contributed by atoms with Crippen molar-refractivity contribution in [3.63, 3.8) is 0 Å². The molecule has 0 fully saturated rings. The van der Waals surface area contributed by atoms with Crippen LogP contribution in [0.5, 0.6) is 0 Å². The molecule has 2 heterocycles. The Kier molecular flexibility index (Phi) is 4.45. The Hall–Kier alpha value is -2.74. The van der Waals surface area contributed by atoms with E-state index in [0.717, 1.165) is 5.56 Å². The molecule has 0 saturated heterocycles. The zero-order chi connectivity index (χ0) is 20.1. The van der Waals surface area contributed by atoms with Crippen LogP contribution in [0.25, 0.3) is 0 Å². The van der Waals surface area contributed by atoms with Gasteiger partial charge in [0.15, 0.2) is 0 Å². The van der Waals surface area contributed by atoms with Crippen LogP contribution in [0.4, 0.5) is 5.69 Å². The first-order chi connectivity index (χ1) is 13.3. The molecule has 2 aromatic rings. The van der Waals surface area contributed by atoms with E-state index in [1.807, 2.05) is 12.1 Å². The van der Waals surface area contributed by atoms with E-state index in [4.69, 9.17) is 34.8 Å². The fourth-order valence-electron chi connectivity index (χ4n) is 3.65. The lowest BCUT2D eigenvalue weighted by molar-refractivity contribution is -0.128. The number of nitrogens with zero attached hydrogens (tertiary/aromatic N) is 1. The molecule has 9 heteroatoms. The predicted octanol–water partition coefficient (Wildman–Crippen LogP) is 2.21. The summed E-state index contributed by atoms with van der Waals surface area (Å²) >= 11 is 12.0. The van der Waals surface area contributed by atoms with Crippen molar-refractivity contribution in [3.8, 4) is 0 Å². The van der Waals surface area contributed by atoms with Gasteiger partial charge in [0.25, 0.3) is 0 Å². The Morgan fingerprint density at radius 1 is 1.04 bits per heavy atom. The smallest absolute Gasteiger partial charge is 0.241 e. The minimum absolute atomic E-state index is 0.129. The summed E-state index contributed by atoms with van der Waals surface area (Å²) < 4.78 is 0. The van der Waals surface area contributed by atoms with E-state index in [9.17, 15) is 9.59 Å². The van der Waals surface area contributed by atoms with Crippen LogP contribution < -0.4 is 22.2 Å². The topological polar surface area (TPSA) is 113 Å². The quantitative estimate of drug-likeness (QED) is 0.451. The minimum Gasteiger partial charge on any atom is -0.398 e. The van der Waals surface area contributed by atoms with Crippen molar-refractivity contribution in [2.45, 2.75) is 18.4 Å². The summed E-state index contributed by atoms with van der Waals surface area (Å²) in [7, 11) is 0. The third-order valence-corrected chi connectivity index (χ3v) is 5.52. The Balaban J connectivity index is 1.78. The Morgan fingerprint density at radius 2 is 1.71 bits per heavy atom. The fourth-order valence-corrected chi connectivity index (χ4v) is 3.94. The lowest BCUT2D eigenvalue weighted by Crippen LogP contribution is -2.54. The summed E-state index contributed by atoms with van der Waals surface area (Å²) in [5.41, 5.74) is 7.25. The highest BCUT2D eigenvalue weighted by atomic mass is 35.5. The molecular formula is C19H17Cl2N5O2. The molecule has 2 amide bonds. The normalized spacial score (nSPS) is 20.8. The minimum atomic E-state index is -1.35. The number of carbonyl (C=O) groups is 2. The van der Waals surface area contributed by atoms with Gasteiger partial charge in [-0.15, -0.1) is 0 Å². The summed E-state index contributed by atoms with van der Waals surface area (Å²) in [6, 6.07) is 12.1. The second-order valence-corrected chi connectivity index (χ2v) is 7.66. The molecule has 2 aliphatic heterocycles. The molecule has 1 atom stereocenters. The molecule has 7 nitrogen and oxygen atoms in total. The van der Waals surface area contributed by atoms with Crippen molar-refractivity contribution in [1.29, 1.82) is 0 Å². The Morgan fingerprint density at radius 3 is 2.43 bits per heavy atom. The van der Waals surface area contributed by atoms with E-state index in [1.165, 1.54) is 5.01 Å². The van der Waals surface area contributed by atoms with E-state index in [0.29, 0.717) is 21.3 Å². The summed E-state index contributed by atoms with van der Waals surface area (Å²) in [6.07, 6.45) is -0.129. The maximum Gasteiger partial charge on any atom is 0.241 e. The molecule has 0 bridgehead atoms. The average Bonchev–Trinajstić information content (AvgIpc) is 2.92. The third kappa shape index (κ3) is 2.88. The summed E-state index contributed by atoms with van der Waals surface area (Å²) in [4.78, 5) is 25.4. The first kappa shape index (κ1) is 18.6. The van der Waals surface area contributed by atoms with Gasteiger partial charge in [-0.3, -0.25) is 14.6 Å². The number of hydrogen-bond acceptors (Lipinski definition) is 5. The molecule has 2 aromatic carbocycles. The summed E-state index contributed by atoms with van der Waals surface area (Å²) in [6.45, 7) is 0.258. The van der Waals surface area contributed by atoms with E-state index < -0.39 is 5.41 Å². The lowest BCUT2D eigenvalue weighted by Gasteiger charge is -2.36. The molecule has 1 unspecified atom stereocenters. The van der Waals surface area contributed by atoms with Crippen molar-refractivity contribution in [2.24, 2.45) is 11.6 Å². The number of nitrogens with two attached hydrogens (primary N) is 2. The number of benzene rings is 2. The van der Waals surface area contributed by atoms with Gasteiger partial charge in [0.1, 0.15) is 11.2 Å². The van der Waals surface area contributed by atoms with Crippen LogP contribution in [0.15, 0.2) is 54.0 Å². The van der Waals surface area contributed by atoms with Gasteiger partial charge in [-0.2, -0.15) is 0 Å². The van der Waals surface area contributed by atoms with Crippen LogP contribution in [0.1, 0.15) is 17.5 Å². The monoisotopic (exact) mass is 417 g/mol. The number of amides is 2. The number of halogens is 2. The number of hydrazine groups is 1. The number of anilines is 1. The van der Waals surface area contributed by atoms with Crippen molar-refractivity contribution >= 4 is 40.7 Å². The Labute approximate surface area is 171 Å². The maximum absolute atomic E-state index is 12.9. The van der Waals surface area contributed by atoms with E-state index in [1.54, 1.807) is 30.3 Å². The fraction of sp³-hybridized carbons (Fsp3) is 0.158. The van der Waals surface area contributed by atoms with Crippen LogP contribution in [0.2, 0.25) is 10.0 Å². The summed E-state index contributed by atoms with van der Waals surface area (Å²) in [5.74, 6) is 5.65. The first-order valence-electron chi connectivity index (χ1n) is 8.49. The molecule has 1 spiro atoms. The average molecular weight is 418 g/mol. The van der Waals surface area contributed by atoms with Gasteiger partial charge >= 0.3 is 0 Å². The van der Waals surface area contributed by atoms with Crippen molar-refractivity contribution in [2.75, 3.05) is 5.32 Å². The van der Waals surface area contributed by atoms with Gasteiger partial charge in [0, 0.05) is 15.7 Å². The molecule has 6 N–H and O–H groups in total. The molecule has 0 aromatic heterocycles. The van der Waals surface area contributed by atoms with Crippen LogP contribution in [0, 0.1) is 0 Å². The van der Waals surface area contributed by atoms with Gasteiger partial charge < -0.3 is 16.4 Å². The molecular weight excluding hydrogens is 401 g/mol. The van der Waals surface area contributed by atoms with Crippen molar-refractivity contribution in [3.05, 3.63) is 75.2 Å². The van der Waals surface area contributed by atoms with Gasteiger partial charge in [-0.1, -0.05) is 35.3 Å². The van der Waals surface area contributed by atoms with E-state index in [-0.39, 0.29) is 36.3 Å². The van der Waals surface area contributed by atoms with E-state index >= 15 is 0 Å². The zero-order valence-corrected chi connectivity index (χ0v) is 16.1. The number of carbonyl (C=O) groups excluding carboxylic acids is 2. The van der Waals surface area contributed by atoms with Crippen LogP contribution in [-0.2, 0) is 21.5 Å². The second kappa shape index (κ2) is 6.70. The van der Waals surface area contributed by atoms with Gasteiger partial charge in [-0.25, -0.2) is 5.84 Å². The molecule has 28 heavy (non-hydrogen) atoms. The second-order valence-electron chi connectivity index (χ2n) is 6.79. The Bertz CT molecular complexity index is 1020. The van der Waals surface area contributed by atoms with Crippen LogP contribution in [-0.4, -0.2) is 16.8 Å². The third-order valence-electron chi connectivity index (χ3n) is 5.03. The largest absolute Gasteiger partial charge is 0.398 e. The molecule has 2 aliphatic rings. The van der Waals surface area contributed by atoms with E-state index in [2.05, 4.69) is 10.6 Å². The highest BCUT2D eigenvalue weighted by molar-refractivity contribution is 6.31. The molecule has 4 rings (SSSR count). The maximum atomic E-state index is 12.9. The number of hydrogen-bond donors (Lipinski definition) is 4. The SMILES string of the molecule is NC1=C(N(N)Cc2ccc(Cl)cc2)NC(=O)CC12C(=O)Nc1ccc(Cl)cc12. The lowest BCUT2D eigenvalue weighted by atomic mass is 9.74. The zero-order valence-electron chi connectivity index (χ0n) is 14.6. The van der Waals surface area contributed by atoms with Crippen molar-refractivity contribution in [1.82, 2.24) is 10.3 Å². The summed E-state index contributed by atoms with van der Waals surface area (Å²) in [5, 5.41) is 7.84. The highest BCUT2D eigenvalue weighted by Gasteiger charge is 2.54. The molecule has 144 valence electrons. The first-order valence-corrected chi connectivity index (χ1v) is 9.25. The highest BCUT2D eigenvalue weighted by Crippen LogP contribution is 2.47. The standard InChI is InChI=1S/C19H17Cl2N5O2/c20-11-3-1-10(2-4-11)9-26(23)17-16(22)19(8-15(27)25-17)13-7-12(21)5-6-14(13)24-18(19)28/h1-7H,8-9,22-23H2,(H,24,28)(H,25,27). The molecule has 0 aliphatic carbocycles. The van der Waals surface area contributed by atoms with Gasteiger partial charge in [0.05, 0.1) is 18.7 Å². The van der Waals surface area contributed by atoms with Gasteiger partial charge in [0.2, 0.25) is 11.8 Å². The van der Waals surface area contributed by atoms with Crippen molar-refractivity contribution < 1.29 is 9.59 Å². The van der Waals surface area contributed by atoms with Crippen LogP contribution >= 0.6 is 23.2 Å². The molecule has 0 radical (unpaired) electrons. The number of fused-ring (bicyclic) bond motifs is 2. The molecule has 0 saturated carbocycles. The van der Waals surface area contributed by atoms with Gasteiger partial charge in [-0.05, 0) is 41.5 Å².